The van der Waals surface area contributed by atoms with Crippen LogP contribution in [0, 0.1) is 0 Å². The van der Waals surface area contributed by atoms with E-state index in [1.54, 1.807) is 0 Å². The van der Waals surface area contributed by atoms with Crippen LogP contribution in [0.2, 0.25) is 0 Å². The van der Waals surface area contributed by atoms with Crippen molar-refractivity contribution >= 4 is 0 Å². The first-order chi connectivity index (χ1) is 9.95. The van der Waals surface area contributed by atoms with Crippen molar-refractivity contribution in [2.75, 3.05) is 19.8 Å². The van der Waals surface area contributed by atoms with E-state index in [9.17, 15) is 25.5 Å². The van der Waals surface area contributed by atoms with Crippen LogP contribution in [0.15, 0.2) is 0 Å². The molecule has 0 amide bonds. The minimum absolute atomic E-state index is 0.0614. The second-order valence-electron chi connectivity index (χ2n) is 5.29. The molecule has 0 aliphatic carbocycles. The van der Waals surface area contributed by atoms with Crippen molar-refractivity contribution in [3.63, 3.8) is 0 Å². The molecule has 4 unspecified atom stereocenters. The van der Waals surface area contributed by atoms with Gasteiger partial charge in [0, 0.05) is 6.61 Å². The van der Waals surface area contributed by atoms with Gasteiger partial charge in [-0.15, -0.1) is 0 Å². The Morgan fingerprint density at radius 2 is 1.57 bits per heavy atom. The lowest BCUT2D eigenvalue weighted by Gasteiger charge is -2.41. The predicted molar refractivity (Wildman–Crippen MR) is 66.1 cm³/mol. The monoisotopic (exact) mass is 310 g/mol. The van der Waals surface area contributed by atoms with Gasteiger partial charge in [0.1, 0.15) is 36.6 Å². The molecule has 2 aliphatic rings. The first-order valence-corrected chi connectivity index (χ1v) is 6.85. The summed E-state index contributed by atoms with van der Waals surface area (Å²) in [5, 5.41) is 57.3. The number of aliphatic hydroxyl groups excluding tert-OH is 6. The molecule has 21 heavy (non-hydrogen) atoms. The van der Waals surface area contributed by atoms with Crippen LogP contribution in [0.5, 0.6) is 0 Å². The molecular formula is C12H22O9. The van der Waals surface area contributed by atoms with E-state index in [2.05, 4.69) is 0 Å². The normalized spacial score (nSPS) is 48.3. The lowest BCUT2D eigenvalue weighted by Crippen LogP contribution is -2.59. The Morgan fingerprint density at radius 3 is 2.24 bits per heavy atom. The van der Waals surface area contributed by atoms with E-state index in [0.29, 0.717) is 0 Å². The van der Waals surface area contributed by atoms with Crippen molar-refractivity contribution in [1.29, 1.82) is 0 Å². The molecule has 2 rings (SSSR count). The third kappa shape index (κ3) is 3.70. The van der Waals surface area contributed by atoms with E-state index >= 15 is 0 Å². The molecule has 2 fully saturated rings. The summed E-state index contributed by atoms with van der Waals surface area (Å²) in [5.41, 5.74) is 0. The highest BCUT2D eigenvalue weighted by Gasteiger charge is 2.44. The van der Waals surface area contributed by atoms with Gasteiger partial charge < -0.3 is 44.8 Å². The van der Waals surface area contributed by atoms with Gasteiger partial charge >= 0.3 is 0 Å². The maximum Gasteiger partial charge on any atom is 0.186 e. The topological polar surface area (TPSA) is 149 Å². The van der Waals surface area contributed by atoms with Crippen molar-refractivity contribution in [3.05, 3.63) is 0 Å². The Morgan fingerprint density at radius 1 is 0.857 bits per heavy atom. The summed E-state index contributed by atoms with van der Waals surface area (Å²) < 4.78 is 15.7. The molecule has 2 saturated heterocycles. The van der Waals surface area contributed by atoms with E-state index in [1.807, 2.05) is 0 Å². The Kier molecular flexibility index (Phi) is 5.88. The molecule has 0 aromatic carbocycles. The standard InChI is InChI=1S/C12H22O9/c13-2-1-6-9(16)10(17)7(4-19-6)21-12-11(18)8(15)5(14)3-20-12/h5-18H,1-4H2/t5-,6+,7-,8?,9?,10?,11?,12+/m1/s1. The molecule has 0 aromatic rings. The highest BCUT2D eigenvalue weighted by atomic mass is 16.7. The third-order valence-electron chi connectivity index (χ3n) is 3.76. The fraction of sp³-hybridized carbons (Fsp3) is 1.00. The van der Waals surface area contributed by atoms with E-state index in [1.165, 1.54) is 0 Å². The minimum atomic E-state index is -1.48. The van der Waals surface area contributed by atoms with Crippen LogP contribution in [0.4, 0.5) is 0 Å². The highest BCUT2D eigenvalue weighted by Crippen LogP contribution is 2.24. The summed E-state index contributed by atoms with van der Waals surface area (Å²) >= 11 is 0. The molecule has 8 atom stereocenters. The predicted octanol–water partition coefficient (Wildman–Crippen LogP) is -3.69. The fourth-order valence-electron chi connectivity index (χ4n) is 2.43. The maximum atomic E-state index is 9.98. The molecule has 0 bridgehead atoms. The second kappa shape index (κ2) is 7.27. The summed E-state index contributed by atoms with van der Waals surface area (Å²) in [6.07, 6.45) is -9.36. The summed E-state index contributed by atoms with van der Waals surface area (Å²) in [6, 6.07) is 0. The second-order valence-corrected chi connectivity index (χ2v) is 5.29. The summed E-state index contributed by atoms with van der Waals surface area (Å²) in [5.74, 6) is 0. The van der Waals surface area contributed by atoms with Gasteiger partial charge in [0.2, 0.25) is 0 Å². The van der Waals surface area contributed by atoms with Gasteiger partial charge in [0.25, 0.3) is 0 Å². The van der Waals surface area contributed by atoms with Gasteiger partial charge in [-0.2, -0.15) is 0 Å². The Labute approximate surface area is 121 Å². The smallest absolute Gasteiger partial charge is 0.186 e. The van der Waals surface area contributed by atoms with Gasteiger partial charge in [0.15, 0.2) is 6.29 Å². The molecule has 9 heteroatoms. The average molecular weight is 310 g/mol. The van der Waals surface area contributed by atoms with Crippen LogP contribution >= 0.6 is 0 Å². The Bertz CT molecular complexity index is 328. The van der Waals surface area contributed by atoms with E-state index in [-0.39, 0.29) is 26.2 Å². The van der Waals surface area contributed by atoms with Crippen LogP contribution in [0.3, 0.4) is 0 Å². The van der Waals surface area contributed by atoms with Gasteiger partial charge in [0.05, 0.1) is 19.3 Å². The Hall–Kier alpha value is -0.360. The highest BCUT2D eigenvalue weighted by molar-refractivity contribution is 4.89. The average Bonchev–Trinajstić information content (AvgIpc) is 2.47. The van der Waals surface area contributed by atoms with Gasteiger partial charge in [-0.1, -0.05) is 0 Å². The molecule has 2 aliphatic heterocycles. The van der Waals surface area contributed by atoms with Crippen molar-refractivity contribution in [2.45, 2.75) is 55.4 Å². The summed E-state index contributed by atoms with van der Waals surface area (Å²) in [4.78, 5) is 0. The van der Waals surface area contributed by atoms with E-state index in [4.69, 9.17) is 19.3 Å². The maximum absolute atomic E-state index is 9.98. The summed E-state index contributed by atoms with van der Waals surface area (Å²) in [7, 11) is 0. The van der Waals surface area contributed by atoms with Crippen LogP contribution in [-0.2, 0) is 14.2 Å². The molecule has 2 heterocycles. The van der Waals surface area contributed by atoms with Crippen LogP contribution < -0.4 is 0 Å². The SMILES string of the molecule is OCC[C@@H]1OC[C@@H](O[C@@H]2OC[C@@H](O)C(O)C2O)C(O)C1O. The third-order valence-corrected chi connectivity index (χ3v) is 3.76. The molecule has 0 radical (unpaired) electrons. The fourth-order valence-corrected chi connectivity index (χ4v) is 2.43. The quantitative estimate of drug-likeness (QED) is 0.308. The molecule has 0 spiro atoms. The van der Waals surface area contributed by atoms with Crippen LogP contribution in [0.1, 0.15) is 6.42 Å². The first kappa shape index (κ1) is 17.0. The molecule has 9 nitrogen and oxygen atoms in total. The largest absolute Gasteiger partial charge is 0.396 e. The lowest BCUT2D eigenvalue weighted by atomic mass is 9.97. The first-order valence-electron chi connectivity index (χ1n) is 6.85. The number of rotatable bonds is 4. The zero-order valence-corrected chi connectivity index (χ0v) is 11.4. The number of hydrogen-bond acceptors (Lipinski definition) is 9. The number of hydrogen-bond donors (Lipinski definition) is 6. The number of ether oxygens (including phenoxy) is 3. The van der Waals surface area contributed by atoms with Crippen molar-refractivity contribution in [1.82, 2.24) is 0 Å². The van der Waals surface area contributed by atoms with E-state index < -0.39 is 49.0 Å². The molecule has 124 valence electrons. The van der Waals surface area contributed by atoms with Crippen molar-refractivity contribution in [3.8, 4) is 0 Å². The van der Waals surface area contributed by atoms with Crippen LogP contribution in [0.25, 0.3) is 0 Å². The Balaban J connectivity index is 1.91. The van der Waals surface area contributed by atoms with Gasteiger partial charge in [-0.25, -0.2) is 0 Å². The molecular weight excluding hydrogens is 288 g/mol. The zero-order valence-electron chi connectivity index (χ0n) is 11.4. The molecule has 0 aromatic heterocycles. The minimum Gasteiger partial charge on any atom is -0.396 e. The van der Waals surface area contributed by atoms with E-state index in [0.717, 1.165) is 0 Å². The lowest BCUT2D eigenvalue weighted by molar-refractivity contribution is -0.310. The zero-order chi connectivity index (χ0) is 15.6. The summed E-state index contributed by atoms with van der Waals surface area (Å²) in [6.45, 7) is -0.467. The van der Waals surface area contributed by atoms with Crippen molar-refractivity contribution < 1.29 is 44.8 Å². The molecule has 6 N–H and O–H groups in total. The van der Waals surface area contributed by atoms with Crippen molar-refractivity contribution in [2.24, 2.45) is 0 Å². The number of aliphatic hydroxyl groups is 6. The van der Waals surface area contributed by atoms with Crippen LogP contribution in [-0.4, -0.2) is 99.5 Å². The van der Waals surface area contributed by atoms with Gasteiger partial charge in [-0.05, 0) is 6.42 Å². The molecule has 0 saturated carbocycles. The van der Waals surface area contributed by atoms with Gasteiger partial charge in [-0.3, -0.25) is 0 Å².